The van der Waals surface area contributed by atoms with Gasteiger partial charge in [0.15, 0.2) is 5.69 Å². The van der Waals surface area contributed by atoms with Gasteiger partial charge in [0.05, 0.1) is 18.7 Å². The first kappa shape index (κ1) is 20.0. The first-order valence-electron chi connectivity index (χ1n) is 10.8. The van der Waals surface area contributed by atoms with Crippen LogP contribution in [0.2, 0.25) is 0 Å². The molecule has 1 aromatic carbocycles. The summed E-state index contributed by atoms with van der Waals surface area (Å²) in [7, 11) is 0. The molecule has 0 spiro atoms. The molecule has 1 amide bonds. The van der Waals surface area contributed by atoms with Crippen LogP contribution in [0.3, 0.4) is 0 Å². The Labute approximate surface area is 180 Å². The molecule has 3 aromatic rings. The van der Waals surface area contributed by atoms with E-state index in [0.717, 1.165) is 32.6 Å². The lowest BCUT2D eigenvalue weighted by Gasteiger charge is -2.35. The highest BCUT2D eigenvalue weighted by molar-refractivity contribution is 5.92. The number of aromatic nitrogens is 3. The summed E-state index contributed by atoms with van der Waals surface area (Å²) < 4.78 is 6.67. The summed E-state index contributed by atoms with van der Waals surface area (Å²) in [5.41, 5.74) is 2.78. The van der Waals surface area contributed by atoms with Gasteiger partial charge in [-0.25, -0.2) is 0 Å². The monoisotopic (exact) mass is 421 g/mol. The third-order valence-electron chi connectivity index (χ3n) is 6.51. The quantitative estimate of drug-likeness (QED) is 0.631. The highest BCUT2D eigenvalue weighted by Gasteiger charge is 2.42. The summed E-state index contributed by atoms with van der Waals surface area (Å²) in [5.74, 6) is 0.640. The standard InChI is InChI=1S/C23H27N5O3/c29-22-11-19-15-27(12-16-3-1-4-17(9-16)13-28-7-2-6-24-28)14-18(19)10-21(22)25-23(30)20-5-8-31-26-20/h1-9,18-19,21-22,29H,10-15H2,(H,25,30)/t18-,19+,21-,22-/m0/s1. The van der Waals surface area contributed by atoms with Crippen molar-refractivity contribution in [3.05, 3.63) is 71.9 Å². The van der Waals surface area contributed by atoms with E-state index in [1.807, 2.05) is 16.9 Å². The molecule has 5 rings (SSSR count). The van der Waals surface area contributed by atoms with Crippen LogP contribution in [0.1, 0.15) is 34.5 Å². The number of benzene rings is 1. The molecule has 2 aromatic heterocycles. The van der Waals surface area contributed by atoms with Gasteiger partial charge in [0.1, 0.15) is 6.26 Å². The predicted molar refractivity (Wildman–Crippen MR) is 113 cm³/mol. The van der Waals surface area contributed by atoms with Crippen molar-refractivity contribution in [2.45, 2.75) is 38.1 Å². The minimum Gasteiger partial charge on any atom is -0.391 e. The zero-order valence-electron chi connectivity index (χ0n) is 17.3. The van der Waals surface area contributed by atoms with E-state index in [1.54, 1.807) is 6.20 Å². The molecular formula is C23H27N5O3. The number of nitrogens with zero attached hydrogens (tertiary/aromatic N) is 4. The molecule has 31 heavy (non-hydrogen) atoms. The minimum absolute atomic E-state index is 0.247. The van der Waals surface area contributed by atoms with Gasteiger partial charge in [-0.3, -0.25) is 14.4 Å². The molecule has 2 N–H and O–H groups in total. The Kier molecular flexibility index (Phi) is 5.57. The van der Waals surface area contributed by atoms with Gasteiger partial charge in [-0.05, 0) is 41.9 Å². The summed E-state index contributed by atoms with van der Waals surface area (Å²) in [6.45, 7) is 3.63. The topological polar surface area (TPSA) is 96.4 Å². The lowest BCUT2D eigenvalue weighted by atomic mass is 9.77. The van der Waals surface area contributed by atoms with Crippen molar-refractivity contribution in [1.29, 1.82) is 0 Å². The highest BCUT2D eigenvalue weighted by atomic mass is 16.5. The van der Waals surface area contributed by atoms with Crippen LogP contribution in [0.15, 0.2) is 59.6 Å². The van der Waals surface area contributed by atoms with Crippen molar-refractivity contribution in [3.63, 3.8) is 0 Å². The molecule has 1 saturated heterocycles. The Morgan fingerprint density at radius 2 is 1.94 bits per heavy atom. The van der Waals surface area contributed by atoms with Crippen molar-refractivity contribution in [1.82, 2.24) is 25.2 Å². The third kappa shape index (κ3) is 4.55. The van der Waals surface area contributed by atoms with Gasteiger partial charge in [-0.1, -0.05) is 29.4 Å². The average Bonchev–Trinajstić information content (AvgIpc) is 3.50. The molecule has 8 heteroatoms. The van der Waals surface area contributed by atoms with Crippen molar-refractivity contribution in [2.75, 3.05) is 13.1 Å². The molecule has 0 bridgehead atoms. The van der Waals surface area contributed by atoms with Crippen molar-refractivity contribution >= 4 is 5.91 Å². The lowest BCUT2D eigenvalue weighted by molar-refractivity contribution is 0.0458. The number of fused-ring (bicyclic) bond motifs is 1. The lowest BCUT2D eigenvalue weighted by Crippen LogP contribution is -2.49. The second-order valence-corrected chi connectivity index (χ2v) is 8.74. The number of likely N-dealkylation sites (tertiary alicyclic amines) is 1. The molecule has 162 valence electrons. The van der Waals surface area contributed by atoms with E-state index in [-0.39, 0.29) is 17.6 Å². The van der Waals surface area contributed by atoms with E-state index in [4.69, 9.17) is 4.52 Å². The molecule has 2 aliphatic rings. The number of hydrogen-bond acceptors (Lipinski definition) is 6. The Morgan fingerprint density at radius 3 is 2.68 bits per heavy atom. The molecule has 1 aliphatic heterocycles. The number of aliphatic hydroxyl groups excluding tert-OH is 1. The molecule has 0 unspecified atom stereocenters. The van der Waals surface area contributed by atoms with E-state index in [0.29, 0.717) is 18.3 Å². The van der Waals surface area contributed by atoms with Gasteiger partial charge in [0.2, 0.25) is 0 Å². The number of rotatable bonds is 6. The Morgan fingerprint density at radius 1 is 1.13 bits per heavy atom. The molecule has 8 nitrogen and oxygen atoms in total. The number of carbonyl (C=O) groups excluding carboxylic acids is 1. The molecule has 1 saturated carbocycles. The number of aliphatic hydroxyl groups is 1. The maximum Gasteiger partial charge on any atom is 0.273 e. The van der Waals surface area contributed by atoms with Crippen LogP contribution in [-0.2, 0) is 13.1 Å². The summed E-state index contributed by atoms with van der Waals surface area (Å²) in [5, 5.41) is 21.5. The van der Waals surface area contributed by atoms with Crippen LogP contribution < -0.4 is 5.32 Å². The molecule has 2 fully saturated rings. The maximum atomic E-state index is 12.3. The summed E-state index contributed by atoms with van der Waals surface area (Å²) in [6, 6.07) is 11.9. The number of amides is 1. The second kappa shape index (κ2) is 8.64. The van der Waals surface area contributed by atoms with E-state index < -0.39 is 6.10 Å². The van der Waals surface area contributed by atoms with Gasteiger partial charge in [-0.15, -0.1) is 0 Å². The predicted octanol–water partition coefficient (Wildman–Crippen LogP) is 1.92. The van der Waals surface area contributed by atoms with Crippen LogP contribution in [-0.4, -0.2) is 56.1 Å². The largest absolute Gasteiger partial charge is 0.391 e. The van der Waals surface area contributed by atoms with Gasteiger partial charge in [0.25, 0.3) is 5.91 Å². The zero-order chi connectivity index (χ0) is 21.2. The second-order valence-electron chi connectivity index (χ2n) is 8.74. The molecule has 0 radical (unpaired) electrons. The molecule has 1 aliphatic carbocycles. The zero-order valence-corrected chi connectivity index (χ0v) is 17.3. The Balaban J connectivity index is 1.18. The van der Waals surface area contributed by atoms with E-state index in [9.17, 15) is 9.90 Å². The summed E-state index contributed by atoms with van der Waals surface area (Å²) in [6.07, 6.45) is 6.11. The molecule has 4 atom stereocenters. The first-order chi connectivity index (χ1) is 15.1. The number of carbonyl (C=O) groups is 1. The molecule has 3 heterocycles. The van der Waals surface area contributed by atoms with E-state index in [1.165, 1.54) is 23.5 Å². The average molecular weight is 422 g/mol. The summed E-state index contributed by atoms with van der Waals surface area (Å²) >= 11 is 0. The smallest absolute Gasteiger partial charge is 0.273 e. The normalized spacial score (nSPS) is 26.0. The van der Waals surface area contributed by atoms with Crippen molar-refractivity contribution < 1.29 is 14.4 Å². The highest BCUT2D eigenvalue weighted by Crippen LogP contribution is 2.37. The van der Waals surface area contributed by atoms with Gasteiger partial charge >= 0.3 is 0 Å². The third-order valence-corrected chi connectivity index (χ3v) is 6.51. The SMILES string of the molecule is O=C(N[C@H]1C[C@H]2CN(Cc3cccc(Cn4cccn4)c3)C[C@H]2C[C@@H]1O)c1ccon1. The van der Waals surface area contributed by atoms with Crippen LogP contribution in [0, 0.1) is 11.8 Å². The van der Waals surface area contributed by atoms with Crippen molar-refractivity contribution in [3.8, 4) is 0 Å². The van der Waals surface area contributed by atoms with Crippen LogP contribution in [0.25, 0.3) is 0 Å². The van der Waals surface area contributed by atoms with Crippen molar-refractivity contribution in [2.24, 2.45) is 11.8 Å². The van der Waals surface area contributed by atoms with Gasteiger partial charge in [-0.2, -0.15) is 5.10 Å². The van der Waals surface area contributed by atoms with Gasteiger partial charge < -0.3 is 14.9 Å². The van der Waals surface area contributed by atoms with Gasteiger partial charge in [0, 0.05) is 38.1 Å². The fraction of sp³-hybridized carbons (Fsp3) is 0.435. The number of hydrogen-bond donors (Lipinski definition) is 2. The summed E-state index contributed by atoms with van der Waals surface area (Å²) in [4.78, 5) is 14.8. The van der Waals surface area contributed by atoms with E-state index in [2.05, 4.69) is 44.7 Å². The minimum atomic E-state index is -0.533. The van der Waals surface area contributed by atoms with E-state index >= 15 is 0 Å². The Hall–Kier alpha value is -2.97. The maximum absolute atomic E-state index is 12.3. The first-order valence-corrected chi connectivity index (χ1v) is 10.8. The van der Waals surface area contributed by atoms with Crippen LogP contribution in [0.5, 0.6) is 0 Å². The fourth-order valence-electron chi connectivity index (χ4n) is 5.05. The van der Waals surface area contributed by atoms with Crippen LogP contribution >= 0.6 is 0 Å². The Bertz CT molecular complexity index is 1000. The fourth-order valence-corrected chi connectivity index (χ4v) is 5.05. The molecular weight excluding hydrogens is 394 g/mol. The van der Waals surface area contributed by atoms with Crippen LogP contribution in [0.4, 0.5) is 0 Å². The number of nitrogens with one attached hydrogen (secondary N) is 1.